The average molecular weight is 302 g/mol. The van der Waals surface area contributed by atoms with Crippen LogP contribution < -0.4 is 4.90 Å². The molecule has 0 spiro atoms. The summed E-state index contributed by atoms with van der Waals surface area (Å²) < 4.78 is 0.614. The van der Waals surface area contributed by atoms with Crippen LogP contribution in [0.5, 0.6) is 0 Å². The van der Waals surface area contributed by atoms with Crippen molar-refractivity contribution in [2.75, 3.05) is 18.0 Å². The number of aliphatic hydroxyl groups is 1. The number of anilines is 1. The van der Waals surface area contributed by atoms with E-state index in [0.717, 1.165) is 0 Å². The zero-order chi connectivity index (χ0) is 12.4. The molecule has 1 aromatic rings. The van der Waals surface area contributed by atoms with Crippen LogP contribution in [-0.4, -0.2) is 34.2 Å². The Bertz CT molecular complexity index is 433. The molecule has 0 saturated carbocycles. The Hall–Kier alpha value is -1.21. The van der Waals surface area contributed by atoms with Crippen LogP contribution in [0.4, 0.5) is 11.4 Å². The van der Waals surface area contributed by atoms with Gasteiger partial charge in [-0.15, -0.1) is 0 Å². The van der Waals surface area contributed by atoms with Crippen LogP contribution in [0.3, 0.4) is 0 Å². The summed E-state index contributed by atoms with van der Waals surface area (Å²) in [4.78, 5) is 16.2. The van der Waals surface area contributed by atoms with Gasteiger partial charge in [0, 0.05) is 19.3 Å². The molecule has 1 aliphatic rings. The van der Waals surface area contributed by atoms with Crippen LogP contribution in [0, 0.1) is 10.1 Å². The van der Waals surface area contributed by atoms with Crippen molar-refractivity contribution in [1.82, 2.24) is 4.98 Å². The highest BCUT2D eigenvalue weighted by Crippen LogP contribution is 2.35. The maximum Gasteiger partial charge on any atom is 0.311 e. The number of nitrogens with zero attached hydrogens (tertiary/aromatic N) is 3. The summed E-state index contributed by atoms with van der Waals surface area (Å²) >= 11 is 3.29. The zero-order valence-electron chi connectivity index (χ0n) is 9.04. The second-order valence-electron chi connectivity index (χ2n) is 3.96. The second kappa shape index (κ2) is 4.97. The number of hydrogen-bond donors (Lipinski definition) is 1. The van der Waals surface area contributed by atoms with Gasteiger partial charge in [0.15, 0.2) is 0 Å². The van der Waals surface area contributed by atoms with Gasteiger partial charge in [-0.3, -0.25) is 15.1 Å². The first-order valence-corrected chi connectivity index (χ1v) is 6.10. The van der Waals surface area contributed by atoms with E-state index in [0.29, 0.717) is 36.1 Å². The first-order valence-electron chi connectivity index (χ1n) is 5.30. The minimum atomic E-state index is -0.432. The lowest BCUT2D eigenvalue weighted by Gasteiger charge is -2.31. The van der Waals surface area contributed by atoms with Gasteiger partial charge < -0.3 is 10.0 Å². The Morgan fingerprint density at radius 2 is 2.12 bits per heavy atom. The minimum Gasteiger partial charge on any atom is -0.393 e. The van der Waals surface area contributed by atoms with Crippen LogP contribution >= 0.6 is 15.9 Å². The summed E-state index contributed by atoms with van der Waals surface area (Å²) in [5, 5.41) is 20.4. The van der Waals surface area contributed by atoms with Crippen molar-refractivity contribution in [2.45, 2.75) is 18.9 Å². The number of rotatable bonds is 2. The van der Waals surface area contributed by atoms with E-state index in [4.69, 9.17) is 0 Å². The van der Waals surface area contributed by atoms with Crippen LogP contribution in [0.25, 0.3) is 0 Å². The van der Waals surface area contributed by atoms with Gasteiger partial charge in [0.2, 0.25) is 0 Å². The van der Waals surface area contributed by atoms with E-state index < -0.39 is 4.92 Å². The third-order valence-electron chi connectivity index (χ3n) is 2.83. The Kier molecular flexibility index (Phi) is 3.58. The lowest BCUT2D eigenvalue weighted by Crippen LogP contribution is -2.36. The van der Waals surface area contributed by atoms with Crippen molar-refractivity contribution >= 4 is 27.3 Å². The molecular formula is C10H12BrN3O3. The van der Waals surface area contributed by atoms with E-state index in [-0.39, 0.29) is 11.8 Å². The highest BCUT2D eigenvalue weighted by molar-refractivity contribution is 9.10. The van der Waals surface area contributed by atoms with Crippen molar-refractivity contribution in [3.63, 3.8) is 0 Å². The predicted octanol–water partition coefficient (Wildman–Crippen LogP) is 1.71. The van der Waals surface area contributed by atoms with Crippen LogP contribution in [0.1, 0.15) is 12.8 Å². The van der Waals surface area contributed by atoms with Gasteiger partial charge in [-0.25, -0.2) is 0 Å². The molecule has 7 heteroatoms. The topological polar surface area (TPSA) is 79.5 Å². The largest absolute Gasteiger partial charge is 0.393 e. The predicted molar refractivity (Wildman–Crippen MR) is 66.0 cm³/mol. The SMILES string of the molecule is O=[N+]([O-])c1cncc(Br)c1N1CCC(O)CC1. The summed E-state index contributed by atoms with van der Waals surface area (Å²) in [6.07, 6.45) is 3.77. The number of pyridine rings is 1. The fourth-order valence-electron chi connectivity index (χ4n) is 1.95. The smallest absolute Gasteiger partial charge is 0.311 e. The van der Waals surface area contributed by atoms with Crippen LogP contribution in [0.15, 0.2) is 16.9 Å². The van der Waals surface area contributed by atoms with Gasteiger partial charge in [-0.2, -0.15) is 0 Å². The molecule has 1 aromatic heterocycles. The average Bonchev–Trinajstić information content (AvgIpc) is 2.30. The summed E-state index contributed by atoms with van der Waals surface area (Å²) in [7, 11) is 0. The van der Waals surface area contributed by atoms with E-state index in [1.54, 1.807) is 6.20 Å². The summed E-state index contributed by atoms with van der Waals surface area (Å²) in [5.74, 6) is 0. The molecule has 6 nitrogen and oxygen atoms in total. The Balaban J connectivity index is 2.33. The van der Waals surface area contributed by atoms with Crippen molar-refractivity contribution < 1.29 is 10.0 Å². The third-order valence-corrected chi connectivity index (χ3v) is 3.41. The zero-order valence-corrected chi connectivity index (χ0v) is 10.6. The molecule has 0 bridgehead atoms. The van der Waals surface area contributed by atoms with Gasteiger partial charge in [0.25, 0.3) is 0 Å². The summed E-state index contributed by atoms with van der Waals surface area (Å²) in [5.41, 5.74) is 0.549. The highest BCUT2D eigenvalue weighted by Gasteiger charge is 2.26. The molecule has 0 amide bonds. The molecule has 17 heavy (non-hydrogen) atoms. The van der Waals surface area contributed by atoms with Crippen molar-refractivity contribution in [1.29, 1.82) is 0 Å². The lowest BCUT2D eigenvalue weighted by atomic mass is 10.1. The van der Waals surface area contributed by atoms with E-state index in [2.05, 4.69) is 20.9 Å². The van der Waals surface area contributed by atoms with E-state index in [1.165, 1.54) is 6.20 Å². The third kappa shape index (κ3) is 2.55. The van der Waals surface area contributed by atoms with Gasteiger partial charge in [0.05, 0.1) is 15.5 Å². The molecule has 0 aromatic carbocycles. The highest BCUT2D eigenvalue weighted by atomic mass is 79.9. The Morgan fingerprint density at radius 3 is 2.71 bits per heavy atom. The van der Waals surface area contributed by atoms with Gasteiger partial charge in [-0.1, -0.05) is 0 Å². The molecule has 1 aliphatic heterocycles. The number of nitro groups is 1. The molecule has 1 fully saturated rings. The number of aliphatic hydroxyl groups excluding tert-OH is 1. The Morgan fingerprint density at radius 1 is 1.47 bits per heavy atom. The van der Waals surface area contributed by atoms with Crippen molar-refractivity contribution in [3.8, 4) is 0 Å². The summed E-state index contributed by atoms with van der Waals surface area (Å²) in [6, 6.07) is 0. The van der Waals surface area contributed by atoms with Crippen LogP contribution in [0.2, 0.25) is 0 Å². The molecular weight excluding hydrogens is 290 g/mol. The van der Waals surface area contributed by atoms with Gasteiger partial charge in [0.1, 0.15) is 11.9 Å². The maximum absolute atomic E-state index is 10.9. The monoisotopic (exact) mass is 301 g/mol. The molecule has 1 N–H and O–H groups in total. The first-order chi connectivity index (χ1) is 8.09. The van der Waals surface area contributed by atoms with Crippen molar-refractivity contribution in [3.05, 3.63) is 27.0 Å². The quantitative estimate of drug-likeness (QED) is 0.664. The molecule has 2 rings (SSSR count). The fourth-order valence-corrected chi connectivity index (χ4v) is 2.53. The van der Waals surface area contributed by atoms with Crippen molar-refractivity contribution in [2.24, 2.45) is 0 Å². The normalized spacial score (nSPS) is 17.2. The molecule has 0 atom stereocenters. The first kappa shape index (κ1) is 12.3. The van der Waals surface area contributed by atoms with Crippen LogP contribution in [-0.2, 0) is 0 Å². The lowest BCUT2D eigenvalue weighted by molar-refractivity contribution is -0.384. The molecule has 0 unspecified atom stereocenters. The second-order valence-corrected chi connectivity index (χ2v) is 4.82. The Labute approximate surface area is 107 Å². The molecule has 0 radical (unpaired) electrons. The molecule has 1 saturated heterocycles. The number of halogens is 1. The fraction of sp³-hybridized carbons (Fsp3) is 0.500. The van der Waals surface area contributed by atoms with E-state index in [1.807, 2.05) is 4.90 Å². The molecule has 2 heterocycles. The summed E-state index contributed by atoms with van der Waals surface area (Å²) in [6.45, 7) is 1.23. The van der Waals surface area contributed by atoms with E-state index >= 15 is 0 Å². The number of aromatic nitrogens is 1. The molecule has 92 valence electrons. The van der Waals surface area contributed by atoms with Gasteiger partial charge in [-0.05, 0) is 28.8 Å². The standard InChI is InChI=1S/C10H12BrN3O3/c11-8-5-12-6-9(14(16)17)10(8)13-3-1-7(15)2-4-13/h5-7,15H,1-4H2. The number of hydrogen-bond acceptors (Lipinski definition) is 5. The molecule has 0 aliphatic carbocycles. The maximum atomic E-state index is 10.9. The van der Waals surface area contributed by atoms with E-state index in [9.17, 15) is 15.2 Å². The van der Waals surface area contributed by atoms with Gasteiger partial charge >= 0.3 is 5.69 Å². The number of piperidine rings is 1. The minimum absolute atomic E-state index is 0.00392.